The Morgan fingerprint density at radius 1 is 1.02 bits per heavy atom. The second-order valence-electron chi connectivity index (χ2n) is 9.91. The molecule has 1 saturated heterocycles. The third-order valence-corrected chi connectivity index (χ3v) is 9.50. The highest BCUT2D eigenvalue weighted by Crippen LogP contribution is 2.36. The first-order chi connectivity index (χ1) is 22.0. The molecule has 246 valence electrons. The van der Waals surface area contributed by atoms with Crippen LogP contribution in [-0.2, 0) is 30.2 Å². The van der Waals surface area contributed by atoms with Gasteiger partial charge in [0.05, 0.1) is 69.4 Å². The van der Waals surface area contributed by atoms with Crippen LogP contribution in [0.25, 0.3) is 11.0 Å². The molecular formula is C29H38Cl2N5O7PS. The standard InChI is InChI=1S/C29H38Cl2N5O7PS/c1-2-10-39-12-14-41-16-17-42-15-13-40-11-9-35(19-22-5-3-4-6-25(22)30)27-24-18-32-36(28(24)34-29(31)33-27)26-8-7-23(43-26)20-45-21-44(37)38/h1,3-6,18,23,26,37-38H,7-17,19-21H2. The van der Waals surface area contributed by atoms with Crippen LogP contribution in [0.1, 0.15) is 24.6 Å². The van der Waals surface area contributed by atoms with Crippen molar-refractivity contribution in [1.82, 2.24) is 19.7 Å². The van der Waals surface area contributed by atoms with Gasteiger partial charge in [0, 0.05) is 23.9 Å². The molecule has 2 aromatic heterocycles. The minimum atomic E-state index is -1.92. The van der Waals surface area contributed by atoms with E-state index in [-0.39, 0.29) is 24.2 Å². The number of halogens is 2. The quantitative estimate of drug-likeness (QED) is 0.0701. The van der Waals surface area contributed by atoms with Crippen LogP contribution in [0.3, 0.4) is 0 Å². The highest BCUT2D eigenvalue weighted by Gasteiger charge is 2.30. The van der Waals surface area contributed by atoms with Crippen molar-refractivity contribution >= 4 is 60.2 Å². The number of ether oxygens (including phenoxy) is 5. The van der Waals surface area contributed by atoms with Crippen LogP contribution in [0, 0.1) is 12.3 Å². The minimum Gasteiger partial charge on any atom is -0.377 e. The van der Waals surface area contributed by atoms with E-state index in [9.17, 15) is 9.79 Å². The van der Waals surface area contributed by atoms with Gasteiger partial charge < -0.3 is 38.4 Å². The van der Waals surface area contributed by atoms with Gasteiger partial charge >= 0.3 is 0 Å². The van der Waals surface area contributed by atoms with Crippen molar-refractivity contribution in [3.63, 3.8) is 0 Å². The zero-order valence-corrected chi connectivity index (χ0v) is 28.0. The van der Waals surface area contributed by atoms with Gasteiger partial charge in [-0.05, 0) is 36.1 Å². The van der Waals surface area contributed by atoms with Crippen molar-refractivity contribution in [2.75, 3.05) is 75.5 Å². The minimum absolute atomic E-state index is 0.0183. The average Bonchev–Trinajstić information content (AvgIpc) is 3.66. The molecule has 1 aliphatic heterocycles. The van der Waals surface area contributed by atoms with E-state index in [0.717, 1.165) is 23.8 Å². The zero-order valence-electron chi connectivity index (χ0n) is 24.8. The fourth-order valence-electron chi connectivity index (χ4n) is 4.65. The second-order valence-corrected chi connectivity index (χ2v) is 13.2. The van der Waals surface area contributed by atoms with Crippen molar-refractivity contribution in [3.05, 3.63) is 46.3 Å². The lowest BCUT2D eigenvalue weighted by Crippen LogP contribution is -2.29. The van der Waals surface area contributed by atoms with E-state index in [1.807, 2.05) is 24.3 Å². The molecule has 3 aromatic rings. The predicted octanol–water partition coefficient (Wildman–Crippen LogP) is 4.50. The topological polar surface area (TPSA) is 133 Å². The first kappa shape index (κ1) is 36.1. The molecule has 0 aliphatic carbocycles. The fraction of sp³-hybridized carbons (Fsp3) is 0.552. The Hall–Kier alpha value is -1.79. The van der Waals surface area contributed by atoms with Crippen LogP contribution in [0.15, 0.2) is 30.5 Å². The fourth-order valence-corrected chi connectivity index (χ4v) is 6.59. The molecule has 1 aromatic carbocycles. The lowest BCUT2D eigenvalue weighted by Gasteiger charge is -2.25. The lowest BCUT2D eigenvalue weighted by molar-refractivity contribution is 0.00209. The summed E-state index contributed by atoms with van der Waals surface area (Å²) in [6, 6.07) is 7.65. The van der Waals surface area contributed by atoms with Gasteiger partial charge in [-0.1, -0.05) is 35.7 Å². The summed E-state index contributed by atoms with van der Waals surface area (Å²) in [5, 5.41) is 6.08. The molecule has 0 amide bonds. The number of fused-ring (bicyclic) bond motifs is 1. The molecule has 0 radical (unpaired) electrons. The highest BCUT2D eigenvalue weighted by molar-refractivity contribution is 8.03. The van der Waals surface area contributed by atoms with E-state index >= 15 is 0 Å². The number of thioether (sulfide) groups is 1. The normalized spacial score (nSPS) is 16.5. The van der Waals surface area contributed by atoms with Crippen LogP contribution in [-0.4, -0.2) is 106 Å². The average molecular weight is 703 g/mol. The van der Waals surface area contributed by atoms with Gasteiger partial charge in [0.1, 0.15) is 12.4 Å². The summed E-state index contributed by atoms with van der Waals surface area (Å²) >= 11 is 14.5. The third-order valence-electron chi connectivity index (χ3n) is 6.70. The molecule has 1 fully saturated rings. The third kappa shape index (κ3) is 11.8. The summed E-state index contributed by atoms with van der Waals surface area (Å²) in [6.07, 6.45) is 8.11. The van der Waals surface area contributed by atoms with Crippen molar-refractivity contribution in [1.29, 1.82) is 0 Å². The first-order valence-electron chi connectivity index (χ1n) is 14.5. The van der Waals surface area contributed by atoms with Gasteiger partial charge in [0.2, 0.25) is 5.28 Å². The smallest absolute Gasteiger partial charge is 0.226 e. The number of nitrogens with zero attached hydrogens (tertiary/aromatic N) is 5. The van der Waals surface area contributed by atoms with Crippen LogP contribution < -0.4 is 4.90 Å². The number of hydrogen-bond acceptors (Lipinski definition) is 12. The summed E-state index contributed by atoms with van der Waals surface area (Å²) < 4.78 is 30.0. The van der Waals surface area contributed by atoms with Gasteiger partial charge in [-0.3, -0.25) is 0 Å². The van der Waals surface area contributed by atoms with Crippen molar-refractivity contribution in [2.24, 2.45) is 0 Å². The molecule has 2 atom stereocenters. The summed E-state index contributed by atoms with van der Waals surface area (Å²) in [5.41, 5.74) is 1.80. The van der Waals surface area contributed by atoms with Crippen molar-refractivity contribution in [2.45, 2.75) is 31.7 Å². The second kappa shape index (κ2) is 19.8. The molecule has 12 nitrogen and oxygen atoms in total. The number of benzene rings is 1. The molecule has 2 N–H and O–H groups in total. The number of rotatable bonds is 21. The van der Waals surface area contributed by atoms with Gasteiger partial charge in [-0.25, -0.2) is 4.68 Å². The van der Waals surface area contributed by atoms with Crippen molar-refractivity contribution in [3.8, 4) is 12.3 Å². The highest BCUT2D eigenvalue weighted by atomic mass is 35.5. The Labute approximate surface area is 278 Å². The van der Waals surface area contributed by atoms with Gasteiger partial charge in [0.15, 0.2) is 20.3 Å². The molecular weight excluding hydrogens is 664 g/mol. The number of anilines is 1. The van der Waals surface area contributed by atoms with Crippen LogP contribution in [0.2, 0.25) is 10.3 Å². The summed E-state index contributed by atoms with van der Waals surface area (Å²) in [6.45, 7) is 4.33. The number of aromatic nitrogens is 4. The number of hydrogen-bond donors (Lipinski definition) is 2. The van der Waals surface area contributed by atoms with E-state index < -0.39 is 8.38 Å². The van der Waals surface area contributed by atoms with Crippen LogP contribution >= 0.6 is 43.3 Å². The van der Waals surface area contributed by atoms with Crippen LogP contribution in [0.5, 0.6) is 0 Å². The van der Waals surface area contributed by atoms with Gasteiger partial charge in [0.25, 0.3) is 0 Å². The maximum Gasteiger partial charge on any atom is 0.226 e. The molecule has 2 unspecified atom stereocenters. The molecule has 3 heterocycles. The Balaban J connectivity index is 1.36. The molecule has 4 rings (SSSR count). The Morgan fingerprint density at radius 3 is 2.44 bits per heavy atom. The predicted molar refractivity (Wildman–Crippen MR) is 177 cm³/mol. The summed E-state index contributed by atoms with van der Waals surface area (Å²) in [7, 11) is -1.92. The van der Waals surface area contributed by atoms with Gasteiger partial charge in [-0.15, -0.1) is 18.2 Å². The zero-order chi connectivity index (χ0) is 31.9. The Kier molecular flexibility index (Phi) is 15.8. The maximum absolute atomic E-state index is 9.19. The summed E-state index contributed by atoms with van der Waals surface area (Å²) in [4.78, 5) is 29.5. The summed E-state index contributed by atoms with van der Waals surface area (Å²) in [5.74, 6) is 3.69. The van der Waals surface area contributed by atoms with E-state index in [1.54, 1.807) is 10.9 Å². The monoisotopic (exact) mass is 701 g/mol. The van der Waals surface area contributed by atoms with E-state index in [0.29, 0.717) is 87.1 Å². The Morgan fingerprint density at radius 2 is 1.73 bits per heavy atom. The van der Waals surface area contributed by atoms with E-state index in [2.05, 4.69) is 25.9 Å². The Bertz CT molecular complexity index is 1370. The largest absolute Gasteiger partial charge is 0.377 e. The molecule has 0 spiro atoms. The van der Waals surface area contributed by atoms with E-state index in [1.165, 1.54) is 11.8 Å². The molecule has 16 heteroatoms. The lowest BCUT2D eigenvalue weighted by atomic mass is 10.2. The SMILES string of the molecule is C#CCOCCOCCOCCOCCN(Cc1ccccc1Cl)c1nc(Cl)nc2c1cnn2C1CCC(CSCP(O)O)O1. The first-order valence-corrected chi connectivity index (χ1v) is 17.8. The maximum atomic E-state index is 9.19. The van der Waals surface area contributed by atoms with E-state index in [4.69, 9.17) is 53.3 Å². The van der Waals surface area contributed by atoms with Crippen LogP contribution in [0.4, 0.5) is 5.82 Å². The molecule has 1 aliphatic rings. The van der Waals surface area contributed by atoms with Gasteiger partial charge in [-0.2, -0.15) is 15.1 Å². The molecule has 0 saturated carbocycles. The van der Waals surface area contributed by atoms with Crippen molar-refractivity contribution < 1.29 is 33.5 Å². The number of terminal acetylenes is 1. The molecule has 0 bridgehead atoms. The molecule has 45 heavy (non-hydrogen) atoms.